The van der Waals surface area contributed by atoms with Gasteiger partial charge in [-0.25, -0.2) is 9.97 Å². The van der Waals surface area contributed by atoms with Gasteiger partial charge in [-0.1, -0.05) is 35.9 Å². The van der Waals surface area contributed by atoms with E-state index in [1.54, 1.807) is 30.3 Å². The first-order chi connectivity index (χ1) is 12.2. The number of amides is 1. The van der Waals surface area contributed by atoms with E-state index < -0.39 is 0 Å². The van der Waals surface area contributed by atoms with Gasteiger partial charge in [-0.2, -0.15) is 0 Å². The lowest BCUT2D eigenvalue weighted by Gasteiger charge is -2.22. The van der Waals surface area contributed by atoms with Crippen LogP contribution in [-0.4, -0.2) is 22.4 Å². The van der Waals surface area contributed by atoms with Gasteiger partial charge in [-0.3, -0.25) is 4.79 Å². The molecule has 1 N–H and O–H groups in total. The second-order valence-corrected chi connectivity index (χ2v) is 5.74. The summed E-state index contributed by atoms with van der Waals surface area (Å²) in [6.45, 7) is 2.75. The van der Waals surface area contributed by atoms with Crippen molar-refractivity contribution in [2.75, 3.05) is 16.8 Å². The lowest BCUT2D eigenvalue weighted by Crippen LogP contribution is -2.20. The smallest absolute Gasteiger partial charge is 0.274 e. The topological polar surface area (TPSA) is 58.1 Å². The molecule has 0 radical (unpaired) electrons. The second kappa shape index (κ2) is 7.77. The fourth-order valence-corrected chi connectivity index (χ4v) is 2.66. The van der Waals surface area contributed by atoms with E-state index in [4.69, 9.17) is 11.6 Å². The molecule has 0 unspecified atom stereocenters. The molecular weight excluding hydrogens is 336 g/mol. The highest BCUT2D eigenvalue weighted by Crippen LogP contribution is 2.23. The number of rotatable bonds is 5. The molecule has 1 amide bonds. The number of hydrogen-bond acceptors (Lipinski definition) is 4. The van der Waals surface area contributed by atoms with Crippen molar-refractivity contribution < 1.29 is 4.79 Å². The zero-order valence-electron chi connectivity index (χ0n) is 13.7. The van der Waals surface area contributed by atoms with Gasteiger partial charge in [0.2, 0.25) is 0 Å². The van der Waals surface area contributed by atoms with Gasteiger partial charge in [-0.15, -0.1) is 0 Å². The number of halogens is 1. The van der Waals surface area contributed by atoms with Crippen LogP contribution < -0.4 is 10.2 Å². The summed E-state index contributed by atoms with van der Waals surface area (Å²) in [4.78, 5) is 22.9. The Hall–Kier alpha value is -2.92. The molecule has 0 atom stereocenters. The Morgan fingerprint density at radius 1 is 1.08 bits per heavy atom. The van der Waals surface area contributed by atoms with Gasteiger partial charge in [-0.05, 0) is 37.3 Å². The van der Waals surface area contributed by atoms with E-state index >= 15 is 0 Å². The molecule has 0 spiro atoms. The Balaban J connectivity index is 1.84. The van der Waals surface area contributed by atoms with Crippen molar-refractivity contribution in [3.63, 3.8) is 0 Å². The van der Waals surface area contributed by atoms with Crippen LogP contribution in [0.15, 0.2) is 67.0 Å². The Morgan fingerprint density at radius 3 is 2.60 bits per heavy atom. The molecule has 2 aromatic carbocycles. The van der Waals surface area contributed by atoms with Gasteiger partial charge in [0.25, 0.3) is 5.91 Å². The van der Waals surface area contributed by atoms with Crippen LogP contribution in [0.3, 0.4) is 0 Å². The van der Waals surface area contributed by atoms with Gasteiger partial charge in [0.1, 0.15) is 17.8 Å². The van der Waals surface area contributed by atoms with Crippen molar-refractivity contribution in [1.29, 1.82) is 0 Å². The summed E-state index contributed by atoms with van der Waals surface area (Å²) in [5.74, 6) is 0.356. The number of aromatic nitrogens is 2. The summed E-state index contributed by atoms with van der Waals surface area (Å²) < 4.78 is 0. The predicted molar refractivity (Wildman–Crippen MR) is 101 cm³/mol. The van der Waals surface area contributed by atoms with Crippen molar-refractivity contribution >= 4 is 34.7 Å². The SMILES string of the molecule is CCN(c1ccccc1)c1cc(C(=O)Nc2cccc(Cl)c2)ncn1. The molecule has 25 heavy (non-hydrogen) atoms. The number of nitrogens with one attached hydrogen (secondary N) is 1. The van der Waals surface area contributed by atoms with E-state index in [-0.39, 0.29) is 5.91 Å². The predicted octanol–water partition coefficient (Wildman–Crippen LogP) is 4.54. The Morgan fingerprint density at radius 2 is 1.88 bits per heavy atom. The summed E-state index contributed by atoms with van der Waals surface area (Å²) in [7, 11) is 0. The van der Waals surface area contributed by atoms with Crippen molar-refractivity contribution in [3.05, 3.63) is 77.7 Å². The number of anilines is 3. The molecule has 0 fully saturated rings. The largest absolute Gasteiger partial charge is 0.327 e. The van der Waals surface area contributed by atoms with Crippen LogP contribution in [0.25, 0.3) is 0 Å². The summed E-state index contributed by atoms with van der Waals surface area (Å²) in [6.07, 6.45) is 1.40. The molecule has 0 saturated carbocycles. The minimum Gasteiger partial charge on any atom is -0.327 e. The standard InChI is InChI=1S/C19H17ClN4O/c1-2-24(16-9-4-3-5-10-16)18-12-17(21-13-22-18)19(25)23-15-8-6-7-14(20)11-15/h3-13H,2H2,1H3,(H,23,25). The monoisotopic (exact) mass is 352 g/mol. The van der Waals surface area contributed by atoms with Crippen molar-refractivity contribution in [1.82, 2.24) is 9.97 Å². The fourth-order valence-electron chi connectivity index (χ4n) is 2.46. The molecule has 3 aromatic rings. The number of para-hydroxylation sites is 1. The van der Waals surface area contributed by atoms with Gasteiger partial charge in [0.15, 0.2) is 0 Å². The molecular formula is C19H17ClN4O. The van der Waals surface area contributed by atoms with Crippen LogP contribution in [0.5, 0.6) is 0 Å². The van der Waals surface area contributed by atoms with E-state index in [2.05, 4.69) is 15.3 Å². The normalized spacial score (nSPS) is 10.3. The van der Waals surface area contributed by atoms with Crippen LogP contribution in [0.1, 0.15) is 17.4 Å². The molecule has 126 valence electrons. The van der Waals surface area contributed by atoms with E-state index in [0.717, 1.165) is 12.2 Å². The summed E-state index contributed by atoms with van der Waals surface area (Å²) in [5.41, 5.74) is 1.91. The number of benzene rings is 2. The van der Waals surface area contributed by atoms with Gasteiger partial charge in [0.05, 0.1) is 0 Å². The molecule has 0 bridgehead atoms. The summed E-state index contributed by atoms with van der Waals surface area (Å²) in [6, 6.07) is 18.5. The van der Waals surface area contributed by atoms with Crippen LogP contribution >= 0.6 is 11.6 Å². The maximum absolute atomic E-state index is 12.5. The van der Waals surface area contributed by atoms with E-state index in [1.807, 2.05) is 42.2 Å². The van der Waals surface area contributed by atoms with E-state index in [0.29, 0.717) is 22.2 Å². The van der Waals surface area contributed by atoms with Crippen molar-refractivity contribution in [2.45, 2.75) is 6.92 Å². The van der Waals surface area contributed by atoms with E-state index in [9.17, 15) is 4.79 Å². The molecule has 0 saturated heterocycles. The first-order valence-corrected chi connectivity index (χ1v) is 8.26. The summed E-state index contributed by atoms with van der Waals surface area (Å²) >= 11 is 5.94. The average Bonchev–Trinajstić information content (AvgIpc) is 2.63. The summed E-state index contributed by atoms with van der Waals surface area (Å²) in [5, 5.41) is 3.35. The minimum absolute atomic E-state index is 0.291. The van der Waals surface area contributed by atoms with Crippen LogP contribution in [0.2, 0.25) is 5.02 Å². The molecule has 0 aliphatic carbocycles. The molecule has 0 aliphatic rings. The third-order valence-electron chi connectivity index (χ3n) is 3.63. The number of hydrogen-bond donors (Lipinski definition) is 1. The maximum Gasteiger partial charge on any atom is 0.274 e. The lowest BCUT2D eigenvalue weighted by atomic mass is 10.2. The first kappa shape index (κ1) is 16.9. The molecule has 0 aliphatic heterocycles. The van der Waals surface area contributed by atoms with Crippen LogP contribution in [0.4, 0.5) is 17.2 Å². The van der Waals surface area contributed by atoms with Crippen molar-refractivity contribution in [2.24, 2.45) is 0 Å². The fraction of sp³-hybridized carbons (Fsp3) is 0.105. The highest BCUT2D eigenvalue weighted by molar-refractivity contribution is 6.30. The van der Waals surface area contributed by atoms with Crippen molar-refractivity contribution in [3.8, 4) is 0 Å². The Kier molecular flexibility index (Phi) is 5.26. The number of carbonyl (C=O) groups excluding carboxylic acids is 1. The van der Waals surface area contributed by atoms with E-state index in [1.165, 1.54) is 6.33 Å². The quantitative estimate of drug-likeness (QED) is 0.732. The van der Waals surface area contributed by atoms with Gasteiger partial charge < -0.3 is 10.2 Å². The second-order valence-electron chi connectivity index (χ2n) is 5.31. The van der Waals surface area contributed by atoms with Crippen LogP contribution in [-0.2, 0) is 0 Å². The molecule has 1 heterocycles. The molecule has 1 aromatic heterocycles. The highest BCUT2D eigenvalue weighted by Gasteiger charge is 2.13. The lowest BCUT2D eigenvalue weighted by molar-refractivity contribution is 0.102. The number of nitrogens with zero attached hydrogens (tertiary/aromatic N) is 3. The maximum atomic E-state index is 12.5. The Bertz CT molecular complexity index is 870. The Labute approximate surface area is 151 Å². The zero-order chi connectivity index (χ0) is 17.6. The molecule has 3 rings (SSSR count). The average molecular weight is 353 g/mol. The minimum atomic E-state index is -0.310. The molecule has 6 heteroatoms. The van der Waals surface area contributed by atoms with Gasteiger partial charge >= 0.3 is 0 Å². The third-order valence-corrected chi connectivity index (χ3v) is 3.86. The first-order valence-electron chi connectivity index (χ1n) is 7.89. The third kappa shape index (κ3) is 4.14. The molecule has 5 nitrogen and oxygen atoms in total. The van der Waals surface area contributed by atoms with Gasteiger partial charge in [0, 0.05) is 29.0 Å². The highest BCUT2D eigenvalue weighted by atomic mass is 35.5. The number of carbonyl (C=O) groups is 1. The van der Waals surface area contributed by atoms with Crippen LogP contribution in [0, 0.1) is 0 Å². The zero-order valence-corrected chi connectivity index (χ0v) is 14.4.